The van der Waals surface area contributed by atoms with Gasteiger partial charge in [0.1, 0.15) is 0 Å². The molecule has 0 saturated carbocycles. The number of benzene rings is 1. The molecule has 1 unspecified atom stereocenters. The van der Waals surface area contributed by atoms with Crippen LogP contribution in [0.4, 0.5) is 0 Å². The van der Waals surface area contributed by atoms with Crippen molar-refractivity contribution in [3.05, 3.63) is 29.8 Å². The summed E-state index contributed by atoms with van der Waals surface area (Å²) >= 11 is 1.95. The van der Waals surface area contributed by atoms with Gasteiger partial charge in [-0.25, -0.2) is 0 Å². The Bertz CT molecular complexity index is 364. The molecule has 0 spiro atoms. The monoisotopic (exact) mass is 279 g/mol. The zero-order valence-electron chi connectivity index (χ0n) is 11.9. The molecule has 1 atom stereocenters. The fraction of sp³-hybridized carbons (Fsp3) is 0.625. The summed E-state index contributed by atoms with van der Waals surface area (Å²) in [7, 11) is 0. The Hall–Kier alpha value is -0.510. The Morgan fingerprint density at radius 2 is 2.37 bits per heavy atom. The fourth-order valence-corrected chi connectivity index (χ4v) is 3.36. The summed E-state index contributed by atoms with van der Waals surface area (Å²) < 4.78 is 5.66. The number of ether oxygens (including phenoxy) is 1. The van der Waals surface area contributed by atoms with E-state index in [-0.39, 0.29) is 0 Å². The summed E-state index contributed by atoms with van der Waals surface area (Å²) in [4.78, 5) is 1.38. The second-order valence-electron chi connectivity index (χ2n) is 5.10. The van der Waals surface area contributed by atoms with Crippen molar-refractivity contribution in [3.63, 3.8) is 0 Å². The van der Waals surface area contributed by atoms with Crippen LogP contribution in [0.15, 0.2) is 29.2 Å². The van der Waals surface area contributed by atoms with Crippen LogP contribution in [0.5, 0.6) is 0 Å². The van der Waals surface area contributed by atoms with Crippen LogP contribution in [-0.4, -0.2) is 25.0 Å². The SMILES string of the molecule is CCCNCc1cccc(SCCC2CCCO2)c1. The van der Waals surface area contributed by atoms with E-state index in [1.165, 1.54) is 36.1 Å². The fourth-order valence-electron chi connectivity index (χ4n) is 2.33. The third-order valence-electron chi connectivity index (χ3n) is 3.39. The van der Waals surface area contributed by atoms with Crippen LogP contribution >= 0.6 is 11.8 Å². The highest BCUT2D eigenvalue weighted by atomic mass is 32.2. The third-order valence-corrected chi connectivity index (χ3v) is 4.41. The average Bonchev–Trinajstić information content (AvgIpc) is 2.93. The number of rotatable bonds is 8. The van der Waals surface area contributed by atoms with Crippen LogP contribution in [0.3, 0.4) is 0 Å². The Labute approximate surface area is 121 Å². The van der Waals surface area contributed by atoms with Crippen LogP contribution in [0, 0.1) is 0 Å². The largest absolute Gasteiger partial charge is 0.378 e. The van der Waals surface area contributed by atoms with Gasteiger partial charge in [0, 0.05) is 23.8 Å². The van der Waals surface area contributed by atoms with Crippen LogP contribution in [0.25, 0.3) is 0 Å². The van der Waals surface area contributed by atoms with Crippen molar-refractivity contribution in [2.24, 2.45) is 0 Å². The lowest BCUT2D eigenvalue weighted by molar-refractivity contribution is 0.109. The molecule has 1 heterocycles. The van der Waals surface area contributed by atoms with Crippen molar-refractivity contribution in [1.82, 2.24) is 5.32 Å². The second-order valence-corrected chi connectivity index (χ2v) is 6.26. The molecule has 0 radical (unpaired) electrons. The second kappa shape index (κ2) is 8.62. The van der Waals surface area contributed by atoms with E-state index in [4.69, 9.17) is 4.74 Å². The highest BCUT2D eigenvalue weighted by Gasteiger charge is 2.14. The first-order valence-electron chi connectivity index (χ1n) is 7.42. The summed E-state index contributed by atoms with van der Waals surface area (Å²) in [5.41, 5.74) is 1.38. The van der Waals surface area contributed by atoms with Gasteiger partial charge in [0.25, 0.3) is 0 Å². The summed E-state index contributed by atoms with van der Waals surface area (Å²) in [5.74, 6) is 1.16. The van der Waals surface area contributed by atoms with Crippen molar-refractivity contribution in [2.75, 3.05) is 18.9 Å². The molecule has 1 aliphatic heterocycles. The maximum absolute atomic E-state index is 5.66. The summed E-state index contributed by atoms with van der Waals surface area (Å²) in [6.45, 7) is 5.24. The van der Waals surface area contributed by atoms with Gasteiger partial charge in [-0.05, 0) is 49.9 Å². The van der Waals surface area contributed by atoms with E-state index in [0.29, 0.717) is 6.10 Å². The van der Waals surface area contributed by atoms with E-state index in [1.807, 2.05) is 11.8 Å². The molecule has 19 heavy (non-hydrogen) atoms. The normalized spacial score (nSPS) is 18.9. The van der Waals surface area contributed by atoms with E-state index < -0.39 is 0 Å². The molecule has 0 aliphatic carbocycles. The van der Waals surface area contributed by atoms with Gasteiger partial charge in [-0.15, -0.1) is 11.8 Å². The van der Waals surface area contributed by atoms with Crippen LogP contribution < -0.4 is 5.32 Å². The zero-order chi connectivity index (χ0) is 13.3. The number of nitrogens with one attached hydrogen (secondary N) is 1. The van der Waals surface area contributed by atoms with Gasteiger partial charge >= 0.3 is 0 Å². The van der Waals surface area contributed by atoms with E-state index in [0.717, 1.165) is 25.4 Å². The van der Waals surface area contributed by atoms with Crippen LogP contribution in [0.2, 0.25) is 0 Å². The van der Waals surface area contributed by atoms with E-state index in [9.17, 15) is 0 Å². The Balaban J connectivity index is 1.71. The smallest absolute Gasteiger partial charge is 0.0584 e. The molecule has 2 rings (SSSR count). The highest BCUT2D eigenvalue weighted by Crippen LogP contribution is 2.23. The minimum atomic E-state index is 0.516. The van der Waals surface area contributed by atoms with Gasteiger partial charge in [-0.2, -0.15) is 0 Å². The number of thioether (sulfide) groups is 1. The molecule has 1 fully saturated rings. The predicted octanol–water partition coefficient (Wildman–Crippen LogP) is 3.85. The van der Waals surface area contributed by atoms with Crippen LogP contribution in [0.1, 0.15) is 38.2 Å². The van der Waals surface area contributed by atoms with Crippen molar-refractivity contribution in [1.29, 1.82) is 0 Å². The van der Waals surface area contributed by atoms with Gasteiger partial charge in [0.05, 0.1) is 6.10 Å². The van der Waals surface area contributed by atoms with Crippen molar-refractivity contribution in [3.8, 4) is 0 Å². The summed E-state index contributed by atoms with van der Waals surface area (Å²) in [6.07, 6.45) is 5.38. The molecule has 1 saturated heterocycles. The maximum Gasteiger partial charge on any atom is 0.0584 e. The topological polar surface area (TPSA) is 21.3 Å². The molecular weight excluding hydrogens is 254 g/mol. The molecule has 1 aromatic carbocycles. The Morgan fingerprint density at radius 1 is 1.42 bits per heavy atom. The minimum absolute atomic E-state index is 0.516. The lowest BCUT2D eigenvalue weighted by atomic mass is 10.2. The Morgan fingerprint density at radius 3 is 3.16 bits per heavy atom. The predicted molar refractivity (Wildman–Crippen MR) is 82.8 cm³/mol. The number of hydrogen-bond donors (Lipinski definition) is 1. The van der Waals surface area contributed by atoms with Crippen molar-refractivity contribution in [2.45, 2.75) is 50.2 Å². The van der Waals surface area contributed by atoms with Gasteiger partial charge in [-0.3, -0.25) is 0 Å². The lowest BCUT2D eigenvalue weighted by Gasteiger charge is -2.09. The molecule has 3 heteroatoms. The molecule has 1 aromatic rings. The van der Waals surface area contributed by atoms with E-state index >= 15 is 0 Å². The summed E-state index contributed by atoms with van der Waals surface area (Å²) in [6, 6.07) is 8.89. The molecule has 0 aromatic heterocycles. The molecule has 1 aliphatic rings. The lowest BCUT2D eigenvalue weighted by Crippen LogP contribution is -2.13. The first-order valence-corrected chi connectivity index (χ1v) is 8.41. The molecular formula is C16H25NOS. The maximum atomic E-state index is 5.66. The zero-order valence-corrected chi connectivity index (χ0v) is 12.7. The van der Waals surface area contributed by atoms with Gasteiger partial charge in [-0.1, -0.05) is 19.1 Å². The van der Waals surface area contributed by atoms with Gasteiger partial charge in [0.2, 0.25) is 0 Å². The van der Waals surface area contributed by atoms with Crippen molar-refractivity contribution >= 4 is 11.8 Å². The molecule has 0 amide bonds. The summed E-state index contributed by atoms with van der Waals surface area (Å²) in [5, 5.41) is 3.45. The standard InChI is InChI=1S/C16H25NOS/c1-2-9-17-13-14-5-3-7-16(12-14)19-11-8-15-6-4-10-18-15/h3,5,7,12,15,17H,2,4,6,8-11,13H2,1H3. The van der Waals surface area contributed by atoms with Gasteiger partial charge in [0.15, 0.2) is 0 Å². The quantitative estimate of drug-likeness (QED) is 0.577. The van der Waals surface area contributed by atoms with E-state index in [2.05, 4.69) is 36.5 Å². The minimum Gasteiger partial charge on any atom is -0.378 e. The Kier molecular flexibility index (Phi) is 6.75. The first kappa shape index (κ1) is 14.9. The highest BCUT2D eigenvalue weighted by molar-refractivity contribution is 7.99. The average molecular weight is 279 g/mol. The molecule has 1 N–H and O–H groups in total. The molecule has 106 valence electrons. The van der Waals surface area contributed by atoms with E-state index in [1.54, 1.807) is 0 Å². The third kappa shape index (κ3) is 5.55. The van der Waals surface area contributed by atoms with Gasteiger partial charge < -0.3 is 10.1 Å². The number of hydrogen-bond acceptors (Lipinski definition) is 3. The first-order chi connectivity index (χ1) is 9.38. The van der Waals surface area contributed by atoms with Crippen LogP contribution in [-0.2, 0) is 11.3 Å². The molecule has 0 bridgehead atoms. The molecule has 2 nitrogen and oxygen atoms in total. The van der Waals surface area contributed by atoms with Crippen molar-refractivity contribution < 1.29 is 4.74 Å².